The average Bonchev–Trinajstić information content (AvgIpc) is 2.41. The van der Waals surface area contributed by atoms with Crippen molar-refractivity contribution in [1.82, 2.24) is 14.6 Å². The average molecular weight is 201 g/mol. The van der Waals surface area contributed by atoms with Crippen LogP contribution in [0.1, 0.15) is 11.4 Å². The van der Waals surface area contributed by atoms with Gasteiger partial charge in [-0.3, -0.25) is 0 Å². The molecule has 0 aliphatic rings. The number of rotatable bonds is 0. The summed E-state index contributed by atoms with van der Waals surface area (Å²) in [4.78, 5) is 3.44. The van der Waals surface area contributed by atoms with Crippen molar-refractivity contribution in [2.75, 3.05) is 0 Å². The largest absolute Gasteiger partial charge is 0.433 e. The van der Waals surface area contributed by atoms with Gasteiger partial charge in [0.1, 0.15) is 5.69 Å². The van der Waals surface area contributed by atoms with Crippen molar-refractivity contribution >= 4 is 5.65 Å². The minimum Gasteiger partial charge on any atom is -0.224 e. The predicted molar refractivity (Wildman–Crippen MR) is 42.7 cm³/mol. The Morgan fingerprint density at radius 3 is 2.71 bits per heavy atom. The van der Waals surface area contributed by atoms with Crippen molar-refractivity contribution in [3.63, 3.8) is 0 Å². The lowest BCUT2D eigenvalue weighted by Gasteiger charge is -2.04. The van der Waals surface area contributed by atoms with Gasteiger partial charge in [-0.05, 0) is 13.0 Å². The Morgan fingerprint density at radius 1 is 1.36 bits per heavy atom. The highest BCUT2D eigenvalue weighted by Gasteiger charge is 2.32. The number of nitrogens with zero attached hydrogens (tertiary/aromatic N) is 3. The van der Waals surface area contributed by atoms with Crippen molar-refractivity contribution in [3.05, 3.63) is 29.7 Å². The number of alkyl halides is 3. The van der Waals surface area contributed by atoms with Crippen LogP contribution in [-0.4, -0.2) is 14.6 Å². The highest BCUT2D eigenvalue weighted by molar-refractivity contribution is 5.39. The Balaban J connectivity index is 2.62. The van der Waals surface area contributed by atoms with Gasteiger partial charge in [0.15, 0.2) is 5.65 Å². The molecule has 0 aromatic carbocycles. The summed E-state index contributed by atoms with van der Waals surface area (Å²) in [5, 5.41) is 3.92. The van der Waals surface area contributed by atoms with Crippen LogP contribution in [-0.2, 0) is 6.18 Å². The molecule has 0 aliphatic heterocycles. The summed E-state index contributed by atoms with van der Waals surface area (Å²) in [5.41, 5.74) is -0.0564. The second-order valence-electron chi connectivity index (χ2n) is 2.90. The van der Waals surface area contributed by atoms with Gasteiger partial charge >= 0.3 is 6.18 Å². The van der Waals surface area contributed by atoms with Crippen LogP contribution >= 0.6 is 0 Å². The van der Waals surface area contributed by atoms with E-state index in [0.29, 0.717) is 5.69 Å². The predicted octanol–water partition coefficient (Wildman–Crippen LogP) is 2.06. The molecule has 0 bridgehead atoms. The molecule has 0 N–H and O–H groups in total. The van der Waals surface area contributed by atoms with Gasteiger partial charge in [0.2, 0.25) is 0 Å². The molecular weight excluding hydrogens is 195 g/mol. The minimum absolute atomic E-state index is 0.206. The van der Waals surface area contributed by atoms with E-state index in [1.165, 1.54) is 16.8 Å². The van der Waals surface area contributed by atoms with E-state index in [4.69, 9.17) is 0 Å². The van der Waals surface area contributed by atoms with Crippen molar-refractivity contribution in [2.24, 2.45) is 0 Å². The summed E-state index contributed by atoms with van der Waals surface area (Å²) < 4.78 is 38.0. The van der Waals surface area contributed by atoms with E-state index in [9.17, 15) is 13.2 Å². The molecule has 2 aromatic heterocycles. The SMILES string of the molecule is Cc1cc2nc(C(F)(F)F)ccn2n1. The molecule has 0 fully saturated rings. The monoisotopic (exact) mass is 201 g/mol. The number of hydrogen-bond donors (Lipinski definition) is 0. The Hall–Kier alpha value is -1.59. The van der Waals surface area contributed by atoms with Crippen LogP contribution in [0.3, 0.4) is 0 Å². The van der Waals surface area contributed by atoms with Crippen molar-refractivity contribution < 1.29 is 13.2 Å². The molecule has 0 amide bonds. The van der Waals surface area contributed by atoms with E-state index in [-0.39, 0.29) is 5.65 Å². The smallest absolute Gasteiger partial charge is 0.224 e. The minimum atomic E-state index is -4.40. The third-order valence-electron chi connectivity index (χ3n) is 1.74. The highest BCUT2D eigenvalue weighted by atomic mass is 19.4. The second kappa shape index (κ2) is 2.70. The molecule has 0 saturated heterocycles. The van der Waals surface area contributed by atoms with E-state index < -0.39 is 11.9 Å². The second-order valence-corrected chi connectivity index (χ2v) is 2.90. The Bertz CT molecular complexity index is 472. The summed E-state index contributed by atoms with van der Waals surface area (Å²) in [6, 6.07) is 2.40. The first kappa shape index (κ1) is 8.98. The normalized spacial score (nSPS) is 12.3. The van der Waals surface area contributed by atoms with Crippen molar-refractivity contribution in [1.29, 1.82) is 0 Å². The quantitative estimate of drug-likeness (QED) is 0.653. The zero-order valence-corrected chi connectivity index (χ0v) is 7.21. The number of hydrogen-bond acceptors (Lipinski definition) is 2. The highest BCUT2D eigenvalue weighted by Crippen LogP contribution is 2.27. The summed E-state index contributed by atoms with van der Waals surface area (Å²) in [6.07, 6.45) is -3.15. The molecule has 6 heteroatoms. The third kappa shape index (κ3) is 1.43. The third-order valence-corrected chi connectivity index (χ3v) is 1.74. The maximum absolute atomic E-state index is 12.2. The fraction of sp³-hybridized carbons (Fsp3) is 0.250. The van der Waals surface area contributed by atoms with Crippen molar-refractivity contribution in [3.8, 4) is 0 Å². The van der Waals surface area contributed by atoms with Crippen LogP contribution in [0, 0.1) is 6.92 Å². The van der Waals surface area contributed by atoms with Crippen LogP contribution in [0.2, 0.25) is 0 Å². The molecule has 2 heterocycles. The molecule has 0 saturated carbocycles. The number of aryl methyl sites for hydroxylation is 1. The summed E-state index contributed by atoms with van der Waals surface area (Å²) in [5.74, 6) is 0. The fourth-order valence-electron chi connectivity index (χ4n) is 1.16. The molecule has 3 nitrogen and oxygen atoms in total. The molecule has 0 spiro atoms. The maximum atomic E-state index is 12.2. The van der Waals surface area contributed by atoms with Crippen LogP contribution in [0.25, 0.3) is 5.65 Å². The lowest BCUT2D eigenvalue weighted by molar-refractivity contribution is -0.141. The topological polar surface area (TPSA) is 30.2 Å². The van der Waals surface area contributed by atoms with Gasteiger partial charge in [0.25, 0.3) is 0 Å². The lowest BCUT2D eigenvalue weighted by atomic mass is 10.4. The van der Waals surface area contributed by atoms with Gasteiger partial charge in [0, 0.05) is 12.3 Å². The first-order valence-corrected chi connectivity index (χ1v) is 3.87. The zero-order chi connectivity index (χ0) is 10.3. The molecule has 0 unspecified atom stereocenters. The number of fused-ring (bicyclic) bond motifs is 1. The number of halogens is 3. The molecule has 0 aliphatic carbocycles. The Morgan fingerprint density at radius 2 is 2.07 bits per heavy atom. The standard InChI is InChI=1S/C8H6F3N3/c1-5-4-7-12-6(8(9,10)11)2-3-14(7)13-5/h2-4H,1H3. The molecule has 2 aromatic rings. The van der Waals surface area contributed by atoms with E-state index in [0.717, 1.165) is 6.07 Å². The van der Waals surface area contributed by atoms with E-state index >= 15 is 0 Å². The summed E-state index contributed by atoms with van der Waals surface area (Å²) >= 11 is 0. The maximum Gasteiger partial charge on any atom is 0.433 e. The molecule has 2 rings (SSSR count). The molecule has 0 radical (unpaired) electrons. The summed E-state index contributed by atoms with van der Waals surface area (Å²) in [6.45, 7) is 1.70. The fourth-order valence-corrected chi connectivity index (χ4v) is 1.16. The Kier molecular flexibility index (Phi) is 1.73. The van der Waals surface area contributed by atoms with E-state index in [2.05, 4.69) is 10.1 Å². The number of aromatic nitrogens is 3. The van der Waals surface area contributed by atoms with Crippen LogP contribution in [0.15, 0.2) is 18.3 Å². The first-order chi connectivity index (χ1) is 6.47. The van der Waals surface area contributed by atoms with Crippen molar-refractivity contribution in [2.45, 2.75) is 13.1 Å². The van der Waals surface area contributed by atoms with E-state index in [1.807, 2.05) is 0 Å². The van der Waals surface area contributed by atoms with Gasteiger partial charge in [-0.1, -0.05) is 0 Å². The summed E-state index contributed by atoms with van der Waals surface area (Å²) in [7, 11) is 0. The van der Waals surface area contributed by atoms with E-state index in [1.54, 1.807) is 6.92 Å². The van der Waals surface area contributed by atoms with Gasteiger partial charge < -0.3 is 0 Å². The van der Waals surface area contributed by atoms with Crippen LogP contribution in [0.5, 0.6) is 0 Å². The zero-order valence-electron chi connectivity index (χ0n) is 7.21. The molecule has 0 atom stereocenters. The van der Waals surface area contributed by atoms with Crippen LogP contribution < -0.4 is 0 Å². The molecular formula is C8H6F3N3. The van der Waals surface area contributed by atoms with Crippen LogP contribution in [0.4, 0.5) is 13.2 Å². The first-order valence-electron chi connectivity index (χ1n) is 3.87. The van der Waals surface area contributed by atoms with Gasteiger partial charge in [-0.2, -0.15) is 18.3 Å². The van der Waals surface area contributed by atoms with Gasteiger partial charge in [-0.15, -0.1) is 0 Å². The lowest BCUT2D eigenvalue weighted by Crippen LogP contribution is -2.08. The molecule has 74 valence electrons. The van der Waals surface area contributed by atoms with Gasteiger partial charge in [0.05, 0.1) is 5.69 Å². The Labute approximate surface area is 77.2 Å². The van der Waals surface area contributed by atoms with Gasteiger partial charge in [-0.25, -0.2) is 9.50 Å². The molecule has 14 heavy (non-hydrogen) atoms.